The van der Waals surface area contributed by atoms with Crippen molar-refractivity contribution < 1.29 is 16.4 Å². The van der Waals surface area contributed by atoms with Crippen molar-refractivity contribution in [1.29, 1.82) is 0 Å². The zero-order valence-corrected chi connectivity index (χ0v) is 11.3. The second-order valence-corrected chi connectivity index (χ2v) is 28.9. The van der Waals surface area contributed by atoms with Crippen molar-refractivity contribution >= 4 is 25.7 Å². The number of unbranched alkanes of at least 4 members (excludes halogenated alkanes) is 2. The standard InChI is InChI=1S/C5H11.3ClH.Hf/c1-3-5-4-2;;;;/h1,3-5H2,2H3;3*1H;/q;;;;+3/p-3. The summed E-state index contributed by atoms with van der Waals surface area (Å²) in [6.07, 6.45) is 3.51. The average Bonchev–Trinajstić information content (AvgIpc) is 1.63. The van der Waals surface area contributed by atoms with E-state index >= 15 is 0 Å². The summed E-state index contributed by atoms with van der Waals surface area (Å²) in [5, 5.41) is 0. The van der Waals surface area contributed by atoms with Gasteiger partial charge in [0, 0.05) is 0 Å². The van der Waals surface area contributed by atoms with Crippen molar-refractivity contribution in [2.24, 2.45) is 0 Å². The van der Waals surface area contributed by atoms with Gasteiger partial charge in [0.25, 0.3) is 0 Å². The van der Waals surface area contributed by atoms with Gasteiger partial charge in [-0.15, -0.1) is 0 Å². The van der Waals surface area contributed by atoms with Crippen LogP contribution in [0.15, 0.2) is 0 Å². The molecule has 56 valence electrons. The van der Waals surface area contributed by atoms with Crippen LogP contribution in [-0.2, 0) is 16.4 Å². The van der Waals surface area contributed by atoms with Gasteiger partial charge in [-0.3, -0.25) is 0 Å². The first-order chi connectivity index (χ1) is 4.06. The number of halogens is 3. The summed E-state index contributed by atoms with van der Waals surface area (Å²) < 4.78 is 0.894. The van der Waals surface area contributed by atoms with Crippen molar-refractivity contribution in [1.82, 2.24) is 0 Å². The zero-order chi connectivity index (χ0) is 7.33. The summed E-state index contributed by atoms with van der Waals surface area (Å²) in [5.41, 5.74) is 0. The van der Waals surface area contributed by atoms with Crippen molar-refractivity contribution in [3.8, 4) is 0 Å². The van der Waals surface area contributed by atoms with Crippen molar-refractivity contribution in [2.45, 2.75) is 30.4 Å². The maximum absolute atomic E-state index is 5.72. The number of hydrogen-bond acceptors (Lipinski definition) is 0. The van der Waals surface area contributed by atoms with Crippen LogP contribution in [0.5, 0.6) is 0 Å². The predicted molar refractivity (Wildman–Crippen MR) is 41.9 cm³/mol. The summed E-state index contributed by atoms with van der Waals surface area (Å²) in [4.78, 5) is 0. The van der Waals surface area contributed by atoms with Crippen LogP contribution < -0.4 is 0 Å². The Hall–Kier alpha value is 1.74. The van der Waals surface area contributed by atoms with E-state index in [1.165, 1.54) is 12.8 Å². The molecule has 0 aromatic heterocycles. The average molecular weight is 356 g/mol. The molecule has 0 spiro atoms. The van der Waals surface area contributed by atoms with E-state index in [0.717, 1.165) is 10.6 Å². The van der Waals surface area contributed by atoms with Crippen LogP contribution in [0.25, 0.3) is 0 Å². The quantitative estimate of drug-likeness (QED) is 0.523. The molecule has 0 aliphatic heterocycles. The van der Waals surface area contributed by atoms with E-state index in [9.17, 15) is 0 Å². The Morgan fingerprint density at radius 3 is 2.00 bits per heavy atom. The molecule has 4 heteroatoms. The van der Waals surface area contributed by atoms with Gasteiger partial charge in [0.05, 0.1) is 0 Å². The van der Waals surface area contributed by atoms with E-state index in [1.807, 2.05) is 0 Å². The van der Waals surface area contributed by atoms with Crippen LogP contribution in [0.4, 0.5) is 0 Å². The molecule has 0 rings (SSSR count). The zero-order valence-electron chi connectivity index (χ0n) is 5.46. The monoisotopic (exact) mass is 356 g/mol. The molecular formula is C5H11Cl3Hf. The van der Waals surface area contributed by atoms with Crippen LogP contribution in [-0.4, -0.2) is 0 Å². The minimum atomic E-state index is -3.02. The Bertz CT molecular complexity index is 69.1. The van der Waals surface area contributed by atoms with Crippen LogP contribution in [0.3, 0.4) is 0 Å². The maximum atomic E-state index is 5.72. The second kappa shape index (κ2) is 5.40. The van der Waals surface area contributed by atoms with Gasteiger partial charge in [-0.25, -0.2) is 0 Å². The molecule has 0 aromatic carbocycles. The van der Waals surface area contributed by atoms with E-state index in [4.69, 9.17) is 25.7 Å². The van der Waals surface area contributed by atoms with Gasteiger partial charge in [0.2, 0.25) is 0 Å². The molecular weight excluding hydrogens is 345 g/mol. The van der Waals surface area contributed by atoms with E-state index in [0.29, 0.717) is 0 Å². The van der Waals surface area contributed by atoms with Gasteiger partial charge < -0.3 is 0 Å². The van der Waals surface area contributed by atoms with Crippen LogP contribution in [0.1, 0.15) is 26.2 Å². The van der Waals surface area contributed by atoms with Gasteiger partial charge in [0.15, 0.2) is 0 Å². The van der Waals surface area contributed by atoms with Crippen molar-refractivity contribution in [2.75, 3.05) is 0 Å². The first-order valence-electron chi connectivity index (χ1n) is 3.13. The van der Waals surface area contributed by atoms with Crippen LogP contribution >= 0.6 is 25.7 Å². The van der Waals surface area contributed by atoms with Crippen LogP contribution in [0.2, 0.25) is 4.18 Å². The summed E-state index contributed by atoms with van der Waals surface area (Å²) in [6, 6.07) is 0. The van der Waals surface area contributed by atoms with Gasteiger partial charge in [0.1, 0.15) is 0 Å². The molecule has 9 heavy (non-hydrogen) atoms. The van der Waals surface area contributed by atoms with Crippen LogP contribution in [0, 0.1) is 0 Å². The molecule has 0 heterocycles. The van der Waals surface area contributed by atoms with E-state index in [2.05, 4.69) is 6.92 Å². The van der Waals surface area contributed by atoms with E-state index in [1.54, 1.807) is 0 Å². The minimum absolute atomic E-state index is 0.894. The fraction of sp³-hybridized carbons (Fsp3) is 1.00. The van der Waals surface area contributed by atoms with Gasteiger partial charge in [-0.1, -0.05) is 0 Å². The third-order valence-electron chi connectivity index (χ3n) is 1.06. The van der Waals surface area contributed by atoms with E-state index < -0.39 is 16.4 Å². The fourth-order valence-corrected chi connectivity index (χ4v) is 6.20. The molecule has 0 bridgehead atoms. The number of hydrogen-bond donors (Lipinski definition) is 0. The Kier molecular flexibility index (Phi) is 6.44. The molecule has 0 N–H and O–H groups in total. The first kappa shape index (κ1) is 10.7. The first-order valence-corrected chi connectivity index (χ1v) is 19.0. The molecule has 0 fully saturated rings. The normalized spacial score (nSPS) is 12.0. The summed E-state index contributed by atoms with van der Waals surface area (Å²) in [5.74, 6) is 0. The SMILES string of the molecule is CCCC[CH2][Hf]([Cl])([Cl])[Cl]. The Balaban J connectivity index is 3.07. The van der Waals surface area contributed by atoms with Gasteiger partial charge >= 0.3 is 72.5 Å². The third-order valence-corrected chi connectivity index (χ3v) is 9.01. The van der Waals surface area contributed by atoms with Gasteiger partial charge in [-0.2, -0.15) is 0 Å². The second-order valence-electron chi connectivity index (χ2n) is 2.07. The molecule has 0 radical (unpaired) electrons. The third kappa shape index (κ3) is 9.74. The molecule has 0 saturated heterocycles. The summed E-state index contributed by atoms with van der Waals surface area (Å²) in [6.45, 7) is 2.15. The molecule has 0 unspecified atom stereocenters. The predicted octanol–water partition coefficient (Wildman–Crippen LogP) is 4.21. The molecule has 0 amide bonds. The van der Waals surface area contributed by atoms with E-state index in [-0.39, 0.29) is 0 Å². The molecule has 0 nitrogen and oxygen atoms in total. The summed E-state index contributed by atoms with van der Waals surface area (Å²) >= 11 is -3.02. The Morgan fingerprint density at radius 1 is 1.11 bits per heavy atom. The topological polar surface area (TPSA) is 0 Å². The fourth-order valence-electron chi connectivity index (χ4n) is 0.575. The molecule has 0 aliphatic rings. The summed E-state index contributed by atoms with van der Waals surface area (Å²) in [7, 11) is 17.2. The Labute approximate surface area is 71.9 Å². The molecule has 0 atom stereocenters. The van der Waals surface area contributed by atoms with Crippen molar-refractivity contribution in [3.05, 3.63) is 0 Å². The Morgan fingerprint density at radius 2 is 1.67 bits per heavy atom. The molecule has 0 saturated carbocycles. The molecule has 0 aliphatic carbocycles. The van der Waals surface area contributed by atoms with Crippen molar-refractivity contribution in [3.63, 3.8) is 0 Å². The number of rotatable bonds is 4. The molecule has 0 aromatic rings. The van der Waals surface area contributed by atoms with Gasteiger partial charge in [-0.05, 0) is 0 Å².